The van der Waals surface area contributed by atoms with Crippen molar-refractivity contribution in [3.05, 3.63) is 93.7 Å². The van der Waals surface area contributed by atoms with Crippen molar-refractivity contribution in [3.63, 3.8) is 0 Å². The number of hydrogen-bond acceptors (Lipinski definition) is 4. The molecular formula is C26H28N2O3S. The quantitative estimate of drug-likeness (QED) is 0.426. The summed E-state index contributed by atoms with van der Waals surface area (Å²) in [6, 6.07) is 19.4. The van der Waals surface area contributed by atoms with Crippen molar-refractivity contribution in [2.75, 3.05) is 6.61 Å². The lowest BCUT2D eigenvalue weighted by atomic mass is 9.95. The normalized spacial score (nSPS) is 12.9. The number of primary amides is 1. The SMILES string of the molecule is CCC(C)c1ccc(C(NC(=O)C=Cc2ccc(OCC(N)=O)cc2)c2cccs2)cc1. The van der Waals surface area contributed by atoms with Crippen molar-refractivity contribution in [2.45, 2.75) is 32.2 Å². The van der Waals surface area contributed by atoms with Gasteiger partial charge in [-0.2, -0.15) is 0 Å². The summed E-state index contributed by atoms with van der Waals surface area (Å²) >= 11 is 1.62. The number of thiophene rings is 1. The second-order valence-corrected chi connectivity index (χ2v) is 8.57. The topological polar surface area (TPSA) is 81.4 Å². The Hall–Kier alpha value is -3.38. The Balaban J connectivity index is 1.69. The van der Waals surface area contributed by atoms with Crippen LogP contribution in [0.4, 0.5) is 0 Å². The molecule has 32 heavy (non-hydrogen) atoms. The lowest BCUT2D eigenvalue weighted by Gasteiger charge is -2.18. The van der Waals surface area contributed by atoms with E-state index >= 15 is 0 Å². The van der Waals surface area contributed by atoms with E-state index in [-0.39, 0.29) is 18.6 Å². The van der Waals surface area contributed by atoms with Gasteiger partial charge in [0, 0.05) is 11.0 Å². The monoisotopic (exact) mass is 448 g/mol. The standard InChI is InChI=1S/C26H28N2O3S/c1-3-18(2)20-9-11-21(12-10-20)26(23-5-4-16-32-23)28-25(30)15-8-19-6-13-22(14-7-19)31-17-24(27)29/h4-16,18,26H,3,17H2,1-2H3,(H2,27,29)(H,28,30). The third kappa shape index (κ3) is 6.56. The molecule has 0 aliphatic heterocycles. The molecule has 3 aromatic rings. The Labute approximate surface area is 192 Å². The van der Waals surface area contributed by atoms with Gasteiger partial charge in [-0.25, -0.2) is 0 Å². The lowest BCUT2D eigenvalue weighted by molar-refractivity contribution is -0.120. The fourth-order valence-electron chi connectivity index (χ4n) is 3.22. The minimum absolute atomic E-state index is 0.167. The van der Waals surface area contributed by atoms with Crippen LogP contribution in [0, 0.1) is 0 Å². The highest BCUT2D eigenvalue weighted by atomic mass is 32.1. The van der Waals surface area contributed by atoms with Crippen LogP contribution in [-0.2, 0) is 9.59 Å². The summed E-state index contributed by atoms with van der Waals surface area (Å²) in [5.41, 5.74) is 8.28. The van der Waals surface area contributed by atoms with Gasteiger partial charge in [0.25, 0.3) is 5.91 Å². The molecule has 2 aromatic carbocycles. The highest BCUT2D eigenvalue weighted by molar-refractivity contribution is 7.10. The van der Waals surface area contributed by atoms with Gasteiger partial charge in [-0.15, -0.1) is 11.3 Å². The zero-order chi connectivity index (χ0) is 22.9. The predicted octanol–water partition coefficient (Wildman–Crippen LogP) is 5.04. The number of benzene rings is 2. The van der Waals surface area contributed by atoms with E-state index in [0.717, 1.165) is 22.4 Å². The number of carbonyl (C=O) groups is 2. The zero-order valence-corrected chi connectivity index (χ0v) is 19.1. The molecule has 0 fully saturated rings. The molecule has 0 radical (unpaired) electrons. The number of nitrogens with two attached hydrogens (primary N) is 1. The van der Waals surface area contributed by atoms with E-state index in [9.17, 15) is 9.59 Å². The molecule has 0 spiro atoms. The molecule has 0 saturated heterocycles. The van der Waals surface area contributed by atoms with E-state index in [1.54, 1.807) is 29.5 Å². The van der Waals surface area contributed by atoms with E-state index < -0.39 is 5.91 Å². The van der Waals surface area contributed by atoms with Gasteiger partial charge in [0.1, 0.15) is 5.75 Å². The molecule has 1 heterocycles. The Morgan fingerprint density at radius 2 is 1.75 bits per heavy atom. The average Bonchev–Trinajstić information content (AvgIpc) is 3.35. The number of ether oxygens (including phenoxy) is 1. The number of amides is 2. The van der Waals surface area contributed by atoms with Crippen LogP contribution in [-0.4, -0.2) is 18.4 Å². The highest BCUT2D eigenvalue weighted by Crippen LogP contribution is 2.28. The fourth-order valence-corrected chi connectivity index (χ4v) is 4.02. The first-order valence-electron chi connectivity index (χ1n) is 10.6. The Bertz CT molecular complexity index is 1040. The molecule has 2 unspecified atom stereocenters. The molecule has 2 amide bonds. The van der Waals surface area contributed by atoms with Gasteiger partial charge in [-0.05, 0) is 58.7 Å². The summed E-state index contributed by atoms with van der Waals surface area (Å²) in [4.78, 5) is 24.6. The van der Waals surface area contributed by atoms with Crippen molar-refractivity contribution < 1.29 is 14.3 Å². The second kappa shape index (κ2) is 11.3. The molecule has 0 aliphatic rings. The van der Waals surface area contributed by atoms with Crippen molar-refractivity contribution in [1.29, 1.82) is 0 Å². The minimum atomic E-state index is -0.527. The van der Waals surface area contributed by atoms with Crippen LogP contribution in [0.2, 0.25) is 0 Å². The van der Waals surface area contributed by atoms with Gasteiger partial charge in [-0.1, -0.05) is 56.3 Å². The molecule has 0 aliphatic carbocycles. The smallest absolute Gasteiger partial charge is 0.255 e. The van der Waals surface area contributed by atoms with Gasteiger partial charge >= 0.3 is 0 Å². The maximum absolute atomic E-state index is 12.7. The van der Waals surface area contributed by atoms with Crippen LogP contribution in [0.3, 0.4) is 0 Å². The molecule has 3 rings (SSSR count). The first-order chi connectivity index (χ1) is 15.5. The molecule has 1 aromatic heterocycles. The molecule has 3 N–H and O–H groups in total. The molecule has 5 nitrogen and oxygen atoms in total. The first-order valence-corrected chi connectivity index (χ1v) is 11.5. The summed E-state index contributed by atoms with van der Waals surface area (Å²) in [6.45, 7) is 4.23. The molecule has 0 bridgehead atoms. The number of hydrogen-bond donors (Lipinski definition) is 2. The van der Waals surface area contributed by atoms with Crippen LogP contribution in [0.25, 0.3) is 6.08 Å². The van der Waals surface area contributed by atoms with E-state index in [1.165, 1.54) is 11.6 Å². The number of carbonyl (C=O) groups excluding carboxylic acids is 2. The largest absolute Gasteiger partial charge is 0.484 e. The third-order valence-electron chi connectivity index (χ3n) is 5.25. The minimum Gasteiger partial charge on any atom is -0.484 e. The number of rotatable bonds is 10. The van der Waals surface area contributed by atoms with Crippen molar-refractivity contribution in [1.82, 2.24) is 5.32 Å². The Kier molecular flexibility index (Phi) is 8.22. The summed E-state index contributed by atoms with van der Waals surface area (Å²) in [6.07, 6.45) is 4.35. The van der Waals surface area contributed by atoms with Gasteiger partial charge < -0.3 is 15.8 Å². The lowest BCUT2D eigenvalue weighted by Crippen LogP contribution is -2.27. The molecule has 166 valence electrons. The molecular weight excluding hydrogens is 420 g/mol. The van der Waals surface area contributed by atoms with Crippen molar-refractivity contribution in [2.24, 2.45) is 5.73 Å². The van der Waals surface area contributed by atoms with E-state index in [0.29, 0.717) is 11.7 Å². The van der Waals surface area contributed by atoms with Crippen LogP contribution in [0.15, 0.2) is 72.1 Å². The van der Waals surface area contributed by atoms with Gasteiger partial charge in [0.05, 0.1) is 6.04 Å². The van der Waals surface area contributed by atoms with Crippen LogP contribution < -0.4 is 15.8 Å². The van der Waals surface area contributed by atoms with Crippen LogP contribution >= 0.6 is 11.3 Å². The summed E-state index contributed by atoms with van der Waals surface area (Å²) in [5.74, 6) is 0.349. The van der Waals surface area contributed by atoms with Gasteiger partial charge in [0.2, 0.25) is 5.91 Å². The van der Waals surface area contributed by atoms with E-state index in [2.05, 4.69) is 43.4 Å². The zero-order valence-electron chi connectivity index (χ0n) is 18.3. The third-order valence-corrected chi connectivity index (χ3v) is 6.19. The predicted molar refractivity (Wildman–Crippen MR) is 130 cm³/mol. The Morgan fingerprint density at radius 1 is 1.06 bits per heavy atom. The first kappa shape index (κ1) is 23.3. The summed E-state index contributed by atoms with van der Waals surface area (Å²) in [5, 5.41) is 5.13. The van der Waals surface area contributed by atoms with Crippen molar-refractivity contribution in [3.8, 4) is 5.75 Å². The van der Waals surface area contributed by atoms with Crippen LogP contribution in [0.5, 0.6) is 5.75 Å². The Morgan fingerprint density at radius 3 is 2.34 bits per heavy atom. The van der Waals surface area contributed by atoms with Gasteiger partial charge in [-0.3, -0.25) is 9.59 Å². The highest BCUT2D eigenvalue weighted by Gasteiger charge is 2.17. The molecule has 2 atom stereocenters. The summed E-state index contributed by atoms with van der Waals surface area (Å²) in [7, 11) is 0. The van der Waals surface area contributed by atoms with Gasteiger partial charge in [0.15, 0.2) is 6.61 Å². The van der Waals surface area contributed by atoms with Crippen LogP contribution in [0.1, 0.15) is 53.8 Å². The average molecular weight is 449 g/mol. The van der Waals surface area contributed by atoms with Crippen molar-refractivity contribution >= 4 is 29.2 Å². The molecule has 6 heteroatoms. The summed E-state index contributed by atoms with van der Waals surface area (Å²) < 4.78 is 5.24. The van der Waals surface area contributed by atoms with E-state index in [1.807, 2.05) is 29.6 Å². The second-order valence-electron chi connectivity index (χ2n) is 7.59. The maximum Gasteiger partial charge on any atom is 0.255 e. The number of nitrogens with one attached hydrogen (secondary N) is 1. The fraction of sp³-hybridized carbons (Fsp3) is 0.231. The molecule has 0 saturated carbocycles. The maximum atomic E-state index is 12.7. The van der Waals surface area contributed by atoms with E-state index in [4.69, 9.17) is 10.5 Å².